The second kappa shape index (κ2) is 9.06. The van der Waals surface area contributed by atoms with Crippen LogP contribution >= 0.6 is 0 Å². The Labute approximate surface area is 127 Å². The lowest BCUT2D eigenvalue weighted by Gasteiger charge is -2.16. The van der Waals surface area contributed by atoms with Crippen molar-refractivity contribution in [2.24, 2.45) is 5.92 Å². The highest BCUT2D eigenvalue weighted by atomic mass is 16.5. The summed E-state index contributed by atoms with van der Waals surface area (Å²) in [5.41, 5.74) is 0.713. The molecule has 1 rings (SSSR count). The molecule has 0 saturated carbocycles. The number of benzene rings is 1. The van der Waals surface area contributed by atoms with E-state index in [1.807, 2.05) is 25.1 Å². The minimum atomic E-state index is -0.188. The van der Waals surface area contributed by atoms with Crippen LogP contribution in [0.4, 0.5) is 10.5 Å². The van der Waals surface area contributed by atoms with Gasteiger partial charge in [0.25, 0.3) is 0 Å². The van der Waals surface area contributed by atoms with Crippen molar-refractivity contribution in [1.82, 2.24) is 5.32 Å². The normalized spacial score (nSPS) is 11.8. The molecule has 0 spiro atoms. The molecule has 2 N–H and O–H groups in total. The lowest BCUT2D eigenvalue weighted by atomic mass is 10.0. The largest absolute Gasteiger partial charge is 0.489 e. The Hall–Kier alpha value is -1.97. The van der Waals surface area contributed by atoms with Gasteiger partial charge >= 0.3 is 6.03 Å². The Morgan fingerprint density at radius 3 is 2.76 bits per heavy atom. The Kier molecular flexibility index (Phi) is 7.37. The highest BCUT2D eigenvalue weighted by Gasteiger charge is 2.08. The van der Waals surface area contributed by atoms with Gasteiger partial charge in [-0.15, -0.1) is 0 Å². The summed E-state index contributed by atoms with van der Waals surface area (Å²) in [7, 11) is 0. The van der Waals surface area contributed by atoms with Gasteiger partial charge in [-0.1, -0.05) is 32.6 Å². The molecule has 0 heterocycles. The number of rotatable bonds is 8. The Balaban J connectivity index is 2.45. The molecule has 1 aromatic rings. The molecule has 1 unspecified atom stereocenters. The molecule has 0 aliphatic heterocycles. The fourth-order valence-corrected chi connectivity index (χ4v) is 1.87. The molecule has 21 heavy (non-hydrogen) atoms. The van der Waals surface area contributed by atoms with Gasteiger partial charge < -0.3 is 15.4 Å². The molecule has 1 atom stereocenters. The first-order chi connectivity index (χ1) is 10.0. The summed E-state index contributed by atoms with van der Waals surface area (Å²) in [5.74, 6) is 1.36. The number of urea groups is 1. The zero-order chi connectivity index (χ0) is 15.7. The summed E-state index contributed by atoms with van der Waals surface area (Å²) < 4.78 is 5.43. The third-order valence-corrected chi connectivity index (χ3v) is 3.01. The standard InChI is InChI=1S/C17H26N2O2/c1-5-11-21-16-8-6-7-15(12-16)19-17(20)18-14(4)10-9-13(2)3/h5-8,12-14H,1,9-11H2,2-4H3,(H2,18,19,20). The zero-order valence-corrected chi connectivity index (χ0v) is 13.2. The Bertz CT molecular complexity index is 458. The number of nitrogens with one attached hydrogen (secondary N) is 2. The maximum absolute atomic E-state index is 11.9. The number of hydrogen-bond acceptors (Lipinski definition) is 2. The van der Waals surface area contributed by atoms with Crippen molar-refractivity contribution >= 4 is 11.7 Å². The van der Waals surface area contributed by atoms with E-state index in [1.165, 1.54) is 0 Å². The number of hydrogen-bond donors (Lipinski definition) is 2. The van der Waals surface area contributed by atoms with Crippen molar-refractivity contribution in [3.63, 3.8) is 0 Å². The summed E-state index contributed by atoms with van der Waals surface area (Å²) in [6.45, 7) is 10.4. The van der Waals surface area contributed by atoms with Gasteiger partial charge in [0.05, 0.1) is 0 Å². The van der Waals surface area contributed by atoms with E-state index in [0.717, 1.165) is 12.8 Å². The van der Waals surface area contributed by atoms with Crippen molar-refractivity contribution in [3.05, 3.63) is 36.9 Å². The van der Waals surface area contributed by atoms with Gasteiger partial charge in [0.1, 0.15) is 12.4 Å². The number of carbonyl (C=O) groups is 1. The SMILES string of the molecule is C=CCOc1cccc(NC(=O)NC(C)CCC(C)C)c1. The van der Waals surface area contributed by atoms with Crippen LogP contribution in [-0.2, 0) is 0 Å². The first kappa shape index (κ1) is 17.1. The molecular formula is C17H26N2O2. The molecule has 4 nitrogen and oxygen atoms in total. The molecule has 1 aromatic carbocycles. The number of amides is 2. The van der Waals surface area contributed by atoms with Gasteiger partial charge in [0.2, 0.25) is 0 Å². The quantitative estimate of drug-likeness (QED) is 0.705. The molecular weight excluding hydrogens is 264 g/mol. The first-order valence-electron chi connectivity index (χ1n) is 7.42. The van der Waals surface area contributed by atoms with Crippen LogP contribution in [0.5, 0.6) is 5.75 Å². The molecule has 0 bridgehead atoms. The van der Waals surface area contributed by atoms with Crippen LogP contribution in [0, 0.1) is 5.92 Å². The molecule has 116 valence electrons. The molecule has 0 aliphatic rings. The minimum Gasteiger partial charge on any atom is -0.489 e. The summed E-state index contributed by atoms with van der Waals surface area (Å²) >= 11 is 0. The second-order valence-electron chi connectivity index (χ2n) is 5.60. The van der Waals surface area contributed by atoms with Gasteiger partial charge in [-0.05, 0) is 37.8 Å². The van der Waals surface area contributed by atoms with Crippen LogP contribution in [0.2, 0.25) is 0 Å². The molecule has 0 aliphatic carbocycles. The highest BCUT2D eigenvalue weighted by Crippen LogP contribution is 2.17. The van der Waals surface area contributed by atoms with E-state index in [4.69, 9.17) is 4.74 Å². The fourth-order valence-electron chi connectivity index (χ4n) is 1.87. The summed E-state index contributed by atoms with van der Waals surface area (Å²) in [6.07, 6.45) is 3.77. The van der Waals surface area contributed by atoms with E-state index in [0.29, 0.717) is 24.0 Å². The van der Waals surface area contributed by atoms with Crippen LogP contribution < -0.4 is 15.4 Å². The number of anilines is 1. The van der Waals surface area contributed by atoms with Crippen LogP contribution in [0.3, 0.4) is 0 Å². The van der Waals surface area contributed by atoms with E-state index in [1.54, 1.807) is 12.1 Å². The number of carbonyl (C=O) groups excluding carboxylic acids is 1. The van der Waals surface area contributed by atoms with Crippen molar-refractivity contribution < 1.29 is 9.53 Å². The van der Waals surface area contributed by atoms with Crippen molar-refractivity contribution in [2.75, 3.05) is 11.9 Å². The smallest absolute Gasteiger partial charge is 0.319 e. The van der Waals surface area contributed by atoms with Gasteiger partial charge in [-0.25, -0.2) is 4.79 Å². The van der Waals surface area contributed by atoms with Crippen LogP contribution in [0.1, 0.15) is 33.6 Å². The number of ether oxygens (including phenoxy) is 1. The van der Waals surface area contributed by atoms with Gasteiger partial charge in [0, 0.05) is 17.8 Å². The lowest BCUT2D eigenvalue weighted by molar-refractivity contribution is 0.248. The van der Waals surface area contributed by atoms with Crippen molar-refractivity contribution in [1.29, 1.82) is 0 Å². The summed E-state index contributed by atoms with van der Waals surface area (Å²) in [4.78, 5) is 11.9. The first-order valence-corrected chi connectivity index (χ1v) is 7.42. The lowest BCUT2D eigenvalue weighted by Crippen LogP contribution is -2.36. The van der Waals surface area contributed by atoms with E-state index in [2.05, 4.69) is 31.1 Å². The van der Waals surface area contributed by atoms with E-state index >= 15 is 0 Å². The van der Waals surface area contributed by atoms with E-state index in [9.17, 15) is 4.79 Å². The predicted octanol–water partition coefficient (Wildman–Crippen LogP) is 4.20. The van der Waals surface area contributed by atoms with Crippen LogP contribution in [-0.4, -0.2) is 18.7 Å². The highest BCUT2D eigenvalue weighted by molar-refractivity contribution is 5.89. The van der Waals surface area contributed by atoms with Gasteiger partial charge in [0.15, 0.2) is 0 Å². The molecule has 2 amide bonds. The summed E-state index contributed by atoms with van der Waals surface area (Å²) in [5, 5.41) is 5.76. The predicted molar refractivity (Wildman–Crippen MR) is 87.8 cm³/mol. The van der Waals surface area contributed by atoms with Gasteiger partial charge in [-0.3, -0.25) is 0 Å². The maximum Gasteiger partial charge on any atom is 0.319 e. The van der Waals surface area contributed by atoms with E-state index < -0.39 is 0 Å². The van der Waals surface area contributed by atoms with E-state index in [-0.39, 0.29) is 12.1 Å². The summed E-state index contributed by atoms with van der Waals surface area (Å²) in [6, 6.07) is 7.29. The molecule has 0 aromatic heterocycles. The Morgan fingerprint density at radius 2 is 2.10 bits per heavy atom. The molecule has 0 radical (unpaired) electrons. The average Bonchev–Trinajstić information content (AvgIpc) is 2.43. The van der Waals surface area contributed by atoms with Crippen molar-refractivity contribution in [3.8, 4) is 5.75 Å². The van der Waals surface area contributed by atoms with Crippen LogP contribution in [0.15, 0.2) is 36.9 Å². The minimum absolute atomic E-state index is 0.160. The third kappa shape index (κ3) is 7.40. The molecule has 0 saturated heterocycles. The van der Waals surface area contributed by atoms with Crippen molar-refractivity contribution in [2.45, 2.75) is 39.7 Å². The maximum atomic E-state index is 11.9. The second-order valence-corrected chi connectivity index (χ2v) is 5.60. The zero-order valence-electron chi connectivity index (χ0n) is 13.2. The topological polar surface area (TPSA) is 50.4 Å². The fraction of sp³-hybridized carbons (Fsp3) is 0.471. The van der Waals surface area contributed by atoms with Crippen LogP contribution in [0.25, 0.3) is 0 Å². The Morgan fingerprint density at radius 1 is 1.33 bits per heavy atom. The molecule has 4 heteroatoms. The monoisotopic (exact) mass is 290 g/mol. The average molecular weight is 290 g/mol. The van der Waals surface area contributed by atoms with Gasteiger partial charge in [-0.2, -0.15) is 0 Å². The molecule has 0 fully saturated rings. The third-order valence-electron chi connectivity index (χ3n) is 3.01.